The lowest BCUT2D eigenvalue weighted by atomic mass is 9.90. The Bertz CT molecular complexity index is 995. The zero-order valence-electron chi connectivity index (χ0n) is 16.4. The largest absolute Gasteiger partial charge is 0.412 e. The molecule has 28 heavy (non-hydrogen) atoms. The first-order valence-corrected chi connectivity index (χ1v) is 10.4. The standard InChI is InChI=1S/C20H25N5O2S/c1-21-20(26)27-14-8-9-16-15(10-14)17-18(22-11-23-19(17)28-16)24-12-4-6-13(7-5-12)25(2)3/h8-13H,4-7H2,1-3H3,(H,21,26)(H,22,23,24)/t12-,13-. The molecule has 0 spiro atoms. The summed E-state index contributed by atoms with van der Waals surface area (Å²) in [5.41, 5.74) is 0. The third-order valence-corrected chi connectivity index (χ3v) is 6.50. The molecular formula is C20H25N5O2S. The van der Waals surface area contributed by atoms with Gasteiger partial charge in [-0.25, -0.2) is 14.8 Å². The van der Waals surface area contributed by atoms with Crippen molar-refractivity contribution in [2.45, 2.75) is 37.8 Å². The Morgan fingerprint density at radius 3 is 2.71 bits per heavy atom. The molecule has 7 nitrogen and oxygen atoms in total. The molecule has 1 saturated carbocycles. The van der Waals surface area contributed by atoms with Crippen molar-refractivity contribution in [3.8, 4) is 5.75 Å². The molecule has 2 aromatic heterocycles. The molecule has 0 radical (unpaired) electrons. The van der Waals surface area contributed by atoms with Crippen LogP contribution in [0.1, 0.15) is 25.7 Å². The number of anilines is 1. The van der Waals surface area contributed by atoms with E-state index in [1.54, 1.807) is 30.8 Å². The lowest BCUT2D eigenvalue weighted by Gasteiger charge is -2.33. The fourth-order valence-electron chi connectivity index (χ4n) is 3.85. The number of fused-ring (bicyclic) bond motifs is 3. The van der Waals surface area contributed by atoms with Gasteiger partial charge in [0.25, 0.3) is 0 Å². The summed E-state index contributed by atoms with van der Waals surface area (Å²) in [6.45, 7) is 0. The van der Waals surface area contributed by atoms with Crippen molar-refractivity contribution in [1.29, 1.82) is 0 Å². The summed E-state index contributed by atoms with van der Waals surface area (Å²) in [7, 11) is 5.85. The number of carbonyl (C=O) groups excluding carboxylic acids is 1. The predicted octanol–water partition coefficient (Wildman–Crippen LogP) is 3.85. The first-order valence-electron chi connectivity index (χ1n) is 9.55. The molecule has 0 bridgehead atoms. The summed E-state index contributed by atoms with van der Waals surface area (Å²) >= 11 is 1.62. The van der Waals surface area contributed by atoms with Gasteiger partial charge >= 0.3 is 6.09 Å². The van der Waals surface area contributed by atoms with Gasteiger partial charge in [0.05, 0.1) is 5.39 Å². The molecule has 0 atom stereocenters. The van der Waals surface area contributed by atoms with Gasteiger partial charge in [-0.1, -0.05) is 0 Å². The van der Waals surface area contributed by atoms with Gasteiger partial charge in [0, 0.05) is 29.2 Å². The topological polar surface area (TPSA) is 79.4 Å². The Morgan fingerprint density at radius 2 is 2.00 bits per heavy atom. The molecule has 1 aliphatic carbocycles. The number of nitrogens with zero attached hydrogens (tertiary/aromatic N) is 3. The minimum Gasteiger partial charge on any atom is -0.410 e. The molecule has 0 aliphatic heterocycles. The predicted molar refractivity (Wildman–Crippen MR) is 113 cm³/mol. The SMILES string of the molecule is CNC(=O)Oc1ccc2sc3ncnc(N[C@H]4CC[C@H](N(C)C)CC4)c3c2c1. The molecule has 4 rings (SSSR count). The Hall–Kier alpha value is -2.45. The molecular weight excluding hydrogens is 374 g/mol. The Morgan fingerprint density at radius 1 is 1.21 bits per heavy atom. The molecule has 3 aromatic rings. The highest BCUT2D eigenvalue weighted by Gasteiger charge is 2.23. The van der Waals surface area contributed by atoms with E-state index in [0.717, 1.165) is 39.0 Å². The van der Waals surface area contributed by atoms with Crippen molar-refractivity contribution >= 4 is 43.6 Å². The van der Waals surface area contributed by atoms with Crippen LogP contribution in [0.5, 0.6) is 5.75 Å². The summed E-state index contributed by atoms with van der Waals surface area (Å²) in [4.78, 5) is 23.8. The van der Waals surface area contributed by atoms with Crippen LogP contribution in [0.25, 0.3) is 20.3 Å². The first kappa shape index (κ1) is 18.9. The van der Waals surface area contributed by atoms with Crippen LogP contribution in [0, 0.1) is 0 Å². The van der Waals surface area contributed by atoms with Crippen LogP contribution in [0.2, 0.25) is 0 Å². The summed E-state index contributed by atoms with van der Waals surface area (Å²) in [5.74, 6) is 1.37. The molecule has 1 aromatic carbocycles. The van der Waals surface area contributed by atoms with E-state index >= 15 is 0 Å². The van der Waals surface area contributed by atoms with Gasteiger partial charge in [-0.3, -0.25) is 0 Å². The third kappa shape index (κ3) is 3.74. The molecule has 8 heteroatoms. The maximum atomic E-state index is 11.6. The second-order valence-electron chi connectivity index (χ2n) is 7.42. The zero-order valence-corrected chi connectivity index (χ0v) is 17.2. The van der Waals surface area contributed by atoms with Crippen LogP contribution < -0.4 is 15.4 Å². The normalized spacial score (nSPS) is 19.9. The van der Waals surface area contributed by atoms with Gasteiger partial charge in [-0.15, -0.1) is 11.3 Å². The molecule has 1 amide bonds. The van der Waals surface area contributed by atoms with E-state index in [1.807, 2.05) is 12.1 Å². The van der Waals surface area contributed by atoms with Gasteiger partial charge < -0.3 is 20.3 Å². The minimum atomic E-state index is -0.480. The van der Waals surface area contributed by atoms with Gasteiger partial charge in [-0.2, -0.15) is 0 Å². The highest BCUT2D eigenvalue weighted by Crippen LogP contribution is 2.38. The molecule has 2 N–H and O–H groups in total. The van der Waals surface area contributed by atoms with Crippen LogP contribution in [0.15, 0.2) is 24.5 Å². The van der Waals surface area contributed by atoms with Crippen LogP contribution in [0.4, 0.5) is 10.6 Å². The fraction of sp³-hybridized carbons (Fsp3) is 0.450. The molecule has 1 fully saturated rings. The van der Waals surface area contributed by atoms with Crippen molar-refractivity contribution in [2.75, 3.05) is 26.5 Å². The highest BCUT2D eigenvalue weighted by molar-refractivity contribution is 7.25. The molecule has 1 aliphatic rings. The number of rotatable bonds is 4. The lowest BCUT2D eigenvalue weighted by molar-refractivity contribution is 0.203. The number of aromatic nitrogens is 2. The van der Waals surface area contributed by atoms with Crippen LogP contribution >= 0.6 is 11.3 Å². The monoisotopic (exact) mass is 399 g/mol. The van der Waals surface area contributed by atoms with Crippen LogP contribution in [0.3, 0.4) is 0 Å². The second-order valence-corrected chi connectivity index (χ2v) is 8.45. The number of nitrogens with one attached hydrogen (secondary N) is 2. The number of thiophene rings is 1. The van der Waals surface area contributed by atoms with Crippen LogP contribution in [-0.2, 0) is 0 Å². The Balaban J connectivity index is 1.64. The Kier molecular flexibility index (Phi) is 5.32. The summed E-state index contributed by atoms with van der Waals surface area (Å²) in [6.07, 6.45) is 5.77. The van der Waals surface area contributed by atoms with Gasteiger partial charge in [0.15, 0.2) is 0 Å². The first-order chi connectivity index (χ1) is 13.5. The summed E-state index contributed by atoms with van der Waals surface area (Å²) < 4.78 is 6.40. The number of carbonyl (C=O) groups is 1. The van der Waals surface area contributed by atoms with Crippen LogP contribution in [-0.4, -0.2) is 54.2 Å². The number of amides is 1. The number of hydrogen-bond acceptors (Lipinski definition) is 7. The lowest BCUT2D eigenvalue weighted by Crippen LogP contribution is -2.36. The van der Waals surface area contributed by atoms with Gasteiger partial charge in [0.1, 0.15) is 22.7 Å². The van der Waals surface area contributed by atoms with E-state index in [4.69, 9.17) is 4.74 Å². The second kappa shape index (κ2) is 7.89. The van der Waals surface area contributed by atoms with Crippen molar-refractivity contribution in [2.24, 2.45) is 0 Å². The van der Waals surface area contributed by atoms with Gasteiger partial charge in [-0.05, 0) is 58.0 Å². The van der Waals surface area contributed by atoms with Gasteiger partial charge in [0.2, 0.25) is 0 Å². The van der Waals surface area contributed by atoms with E-state index in [0.29, 0.717) is 17.8 Å². The van der Waals surface area contributed by atoms with Crippen molar-refractivity contribution < 1.29 is 9.53 Å². The van der Waals surface area contributed by atoms with E-state index in [1.165, 1.54) is 12.8 Å². The smallest absolute Gasteiger partial charge is 0.410 e. The van der Waals surface area contributed by atoms with E-state index in [2.05, 4.69) is 39.6 Å². The maximum absolute atomic E-state index is 11.6. The number of ether oxygens (including phenoxy) is 1. The van der Waals surface area contributed by atoms with Crippen molar-refractivity contribution in [3.63, 3.8) is 0 Å². The summed E-state index contributed by atoms with van der Waals surface area (Å²) in [5, 5.41) is 8.13. The quantitative estimate of drug-likeness (QED) is 0.694. The number of hydrogen-bond donors (Lipinski definition) is 2. The number of benzene rings is 1. The Labute approximate surface area is 168 Å². The molecule has 0 saturated heterocycles. The average molecular weight is 400 g/mol. The minimum absolute atomic E-state index is 0.412. The maximum Gasteiger partial charge on any atom is 0.412 e. The highest BCUT2D eigenvalue weighted by atomic mass is 32.1. The summed E-state index contributed by atoms with van der Waals surface area (Å²) in [6, 6.07) is 6.73. The van der Waals surface area contributed by atoms with Crippen molar-refractivity contribution in [3.05, 3.63) is 24.5 Å². The fourth-order valence-corrected chi connectivity index (χ4v) is 4.87. The van der Waals surface area contributed by atoms with E-state index in [9.17, 15) is 4.79 Å². The zero-order chi connectivity index (χ0) is 19.7. The van der Waals surface area contributed by atoms with Crippen molar-refractivity contribution in [1.82, 2.24) is 20.2 Å². The third-order valence-electron chi connectivity index (χ3n) is 5.42. The molecule has 2 heterocycles. The molecule has 148 valence electrons. The van der Waals surface area contributed by atoms with E-state index < -0.39 is 6.09 Å². The van der Waals surface area contributed by atoms with E-state index in [-0.39, 0.29) is 0 Å². The average Bonchev–Trinajstić information content (AvgIpc) is 3.07. The molecule has 0 unspecified atom stereocenters.